The Morgan fingerprint density at radius 3 is 2.91 bits per heavy atom. The molecule has 0 saturated heterocycles. The van der Waals surface area contributed by atoms with Crippen molar-refractivity contribution in [1.82, 2.24) is 4.98 Å². The zero-order valence-corrected chi connectivity index (χ0v) is 13.1. The number of hydrogen-bond acceptors (Lipinski definition) is 4. The van der Waals surface area contributed by atoms with E-state index in [1.807, 2.05) is 42.5 Å². The van der Waals surface area contributed by atoms with E-state index in [0.717, 1.165) is 28.1 Å². The van der Waals surface area contributed by atoms with E-state index in [0.29, 0.717) is 18.7 Å². The molecule has 0 radical (unpaired) electrons. The monoisotopic (exact) mass is 310 g/mol. The summed E-state index contributed by atoms with van der Waals surface area (Å²) in [6, 6.07) is 13.2. The lowest BCUT2D eigenvalue weighted by molar-refractivity contribution is -0.116. The minimum Gasteiger partial charge on any atom is -0.496 e. The highest BCUT2D eigenvalue weighted by atomic mass is 16.5. The van der Waals surface area contributed by atoms with Crippen LogP contribution in [-0.4, -0.2) is 18.0 Å². The summed E-state index contributed by atoms with van der Waals surface area (Å²) in [6.07, 6.45) is 1.01. The first-order valence-corrected chi connectivity index (χ1v) is 7.44. The number of oxazole rings is 1. The number of carbonyl (C=O) groups excluding carboxylic acids is 1. The van der Waals surface area contributed by atoms with Gasteiger partial charge in [0.15, 0.2) is 11.5 Å². The molecule has 5 nitrogen and oxygen atoms in total. The molecule has 5 heteroatoms. The van der Waals surface area contributed by atoms with E-state index in [-0.39, 0.29) is 5.91 Å². The van der Waals surface area contributed by atoms with Gasteiger partial charge in [0.1, 0.15) is 11.3 Å². The van der Waals surface area contributed by atoms with Gasteiger partial charge in [0, 0.05) is 19.0 Å². The van der Waals surface area contributed by atoms with Crippen LogP contribution in [0.2, 0.25) is 0 Å². The molecule has 0 aliphatic rings. The number of aryl methyl sites for hydroxylation is 2. The molecule has 23 heavy (non-hydrogen) atoms. The van der Waals surface area contributed by atoms with Gasteiger partial charge in [-0.3, -0.25) is 4.79 Å². The van der Waals surface area contributed by atoms with Crippen LogP contribution in [-0.2, 0) is 11.2 Å². The van der Waals surface area contributed by atoms with Crippen molar-refractivity contribution in [3.63, 3.8) is 0 Å². The number of carbonyl (C=O) groups is 1. The lowest BCUT2D eigenvalue weighted by Crippen LogP contribution is -2.12. The predicted octanol–water partition coefficient (Wildman–Crippen LogP) is 3.72. The van der Waals surface area contributed by atoms with Crippen LogP contribution in [0.4, 0.5) is 5.69 Å². The standard InChI is InChI=1S/C18H18N2O3/c1-12-19-15-11-14(8-9-17(15)23-12)20-18(21)10-7-13-5-3-4-6-16(13)22-2/h3-6,8-9,11H,7,10H2,1-2H3,(H,20,21). The molecular formula is C18H18N2O3. The summed E-state index contributed by atoms with van der Waals surface area (Å²) in [7, 11) is 1.63. The first kappa shape index (κ1) is 15.1. The largest absolute Gasteiger partial charge is 0.496 e. The molecule has 0 spiro atoms. The fourth-order valence-corrected chi connectivity index (χ4v) is 2.50. The molecule has 1 aromatic heterocycles. The molecule has 3 rings (SSSR count). The van der Waals surface area contributed by atoms with E-state index in [1.165, 1.54) is 0 Å². The number of fused-ring (bicyclic) bond motifs is 1. The van der Waals surface area contributed by atoms with Crippen molar-refractivity contribution in [3.8, 4) is 5.75 Å². The number of rotatable bonds is 5. The Labute approximate surface area is 134 Å². The second kappa shape index (κ2) is 6.52. The number of hydrogen-bond donors (Lipinski definition) is 1. The fraction of sp³-hybridized carbons (Fsp3) is 0.222. The summed E-state index contributed by atoms with van der Waals surface area (Å²) in [5.74, 6) is 1.37. The summed E-state index contributed by atoms with van der Waals surface area (Å²) in [5, 5.41) is 2.89. The summed E-state index contributed by atoms with van der Waals surface area (Å²) < 4.78 is 10.7. The number of nitrogens with zero attached hydrogens (tertiary/aromatic N) is 1. The van der Waals surface area contributed by atoms with E-state index in [1.54, 1.807) is 14.0 Å². The van der Waals surface area contributed by atoms with Crippen LogP contribution in [0, 0.1) is 6.92 Å². The van der Waals surface area contributed by atoms with Crippen molar-refractivity contribution >= 4 is 22.7 Å². The Morgan fingerprint density at radius 2 is 2.09 bits per heavy atom. The first-order chi connectivity index (χ1) is 11.2. The lowest BCUT2D eigenvalue weighted by atomic mass is 10.1. The quantitative estimate of drug-likeness (QED) is 0.780. The molecule has 0 aliphatic heterocycles. The molecule has 0 unspecified atom stereocenters. The number of nitrogens with one attached hydrogen (secondary N) is 1. The maximum absolute atomic E-state index is 12.1. The van der Waals surface area contributed by atoms with Crippen LogP contribution >= 0.6 is 0 Å². The Balaban J connectivity index is 1.64. The Morgan fingerprint density at radius 1 is 1.26 bits per heavy atom. The maximum atomic E-state index is 12.1. The molecule has 118 valence electrons. The molecule has 2 aromatic carbocycles. The van der Waals surface area contributed by atoms with Crippen LogP contribution in [0.15, 0.2) is 46.9 Å². The SMILES string of the molecule is COc1ccccc1CCC(=O)Nc1ccc2oc(C)nc2c1. The van der Waals surface area contributed by atoms with Crippen molar-refractivity contribution in [3.05, 3.63) is 53.9 Å². The second-order valence-electron chi connectivity index (χ2n) is 5.28. The molecular weight excluding hydrogens is 292 g/mol. The van der Waals surface area contributed by atoms with Crippen molar-refractivity contribution < 1.29 is 13.9 Å². The van der Waals surface area contributed by atoms with Crippen molar-refractivity contribution in [2.24, 2.45) is 0 Å². The van der Waals surface area contributed by atoms with Crippen LogP contribution in [0.1, 0.15) is 17.9 Å². The highest BCUT2D eigenvalue weighted by molar-refractivity contribution is 5.92. The summed E-state index contributed by atoms with van der Waals surface area (Å²) in [5.41, 5.74) is 3.20. The van der Waals surface area contributed by atoms with E-state index < -0.39 is 0 Å². The van der Waals surface area contributed by atoms with E-state index in [2.05, 4.69) is 10.3 Å². The number of methoxy groups -OCH3 is 1. The topological polar surface area (TPSA) is 64.4 Å². The van der Waals surface area contributed by atoms with Crippen molar-refractivity contribution in [2.45, 2.75) is 19.8 Å². The average molecular weight is 310 g/mol. The first-order valence-electron chi connectivity index (χ1n) is 7.44. The second-order valence-corrected chi connectivity index (χ2v) is 5.28. The molecule has 0 fully saturated rings. The smallest absolute Gasteiger partial charge is 0.224 e. The zero-order chi connectivity index (χ0) is 16.2. The van der Waals surface area contributed by atoms with Crippen LogP contribution < -0.4 is 10.1 Å². The molecule has 0 bridgehead atoms. The number of ether oxygens (including phenoxy) is 1. The molecule has 0 aliphatic carbocycles. The average Bonchev–Trinajstić information content (AvgIpc) is 2.92. The van der Waals surface area contributed by atoms with Crippen LogP contribution in [0.25, 0.3) is 11.1 Å². The summed E-state index contributed by atoms with van der Waals surface area (Å²) in [6.45, 7) is 1.80. The highest BCUT2D eigenvalue weighted by Crippen LogP contribution is 2.21. The number of aromatic nitrogens is 1. The van der Waals surface area contributed by atoms with Crippen LogP contribution in [0.5, 0.6) is 5.75 Å². The molecule has 1 heterocycles. The predicted molar refractivity (Wildman–Crippen MR) is 88.7 cm³/mol. The Bertz CT molecular complexity index is 839. The minimum absolute atomic E-state index is 0.0459. The third kappa shape index (κ3) is 3.51. The Hall–Kier alpha value is -2.82. The minimum atomic E-state index is -0.0459. The number of para-hydroxylation sites is 1. The van der Waals surface area contributed by atoms with Gasteiger partial charge >= 0.3 is 0 Å². The van der Waals surface area contributed by atoms with Gasteiger partial charge < -0.3 is 14.5 Å². The number of amides is 1. The Kier molecular flexibility index (Phi) is 4.28. The highest BCUT2D eigenvalue weighted by Gasteiger charge is 2.08. The van der Waals surface area contributed by atoms with Gasteiger partial charge in [-0.15, -0.1) is 0 Å². The molecule has 1 amide bonds. The van der Waals surface area contributed by atoms with Crippen molar-refractivity contribution in [1.29, 1.82) is 0 Å². The van der Waals surface area contributed by atoms with Gasteiger partial charge in [-0.2, -0.15) is 0 Å². The summed E-state index contributed by atoms with van der Waals surface area (Å²) in [4.78, 5) is 16.4. The van der Waals surface area contributed by atoms with Gasteiger partial charge in [0.25, 0.3) is 0 Å². The third-order valence-electron chi connectivity index (χ3n) is 3.59. The van der Waals surface area contributed by atoms with Crippen LogP contribution in [0.3, 0.4) is 0 Å². The molecule has 0 saturated carbocycles. The van der Waals surface area contributed by atoms with E-state index in [4.69, 9.17) is 9.15 Å². The van der Waals surface area contributed by atoms with E-state index >= 15 is 0 Å². The van der Waals surface area contributed by atoms with Gasteiger partial charge in [-0.05, 0) is 36.2 Å². The summed E-state index contributed by atoms with van der Waals surface area (Å²) >= 11 is 0. The normalized spacial score (nSPS) is 10.7. The third-order valence-corrected chi connectivity index (χ3v) is 3.59. The number of anilines is 1. The molecule has 0 atom stereocenters. The zero-order valence-electron chi connectivity index (χ0n) is 13.1. The maximum Gasteiger partial charge on any atom is 0.224 e. The van der Waals surface area contributed by atoms with E-state index in [9.17, 15) is 4.79 Å². The molecule has 3 aromatic rings. The van der Waals surface area contributed by atoms with Crippen molar-refractivity contribution in [2.75, 3.05) is 12.4 Å². The van der Waals surface area contributed by atoms with Gasteiger partial charge in [0.2, 0.25) is 5.91 Å². The van der Waals surface area contributed by atoms with Gasteiger partial charge in [-0.25, -0.2) is 4.98 Å². The lowest BCUT2D eigenvalue weighted by Gasteiger charge is -2.08. The van der Waals surface area contributed by atoms with Gasteiger partial charge in [0.05, 0.1) is 7.11 Å². The fourth-order valence-electron chi connectivity index (χ4n) is 2.50. The number of benzene rings is 2. The molecule has 1 N–H and O–H groups in total. The van der Waals surface area contributed by atoms with Gasteiger partial charge in [-0.1, -0.05) is 18.2 Å².